The molecule has 1 aromatic heterocycles. The van der Waals surface area contributed by atoms with E-state index in [1.165, 1.54) is 11.1 Å². The smallest absolute Gasteiger partial charge is 0.101 e. The fraction of sp³-hybridized carbons (Fsp3) is 0.625. The van der Waals surface area contributed by atoms with Gasteiger partial charge in [-0.1, -0.05) is 27.7 Å². The Hall–Kier alpha value is -1.36. The van der Waals surface area contributed by atoms with E-state index < -0.39 is 0 Å². The molecule has 0 aromatic carbocycles. The molecule has 96 valence electrons. The van der Waals surface area contributed by atoms with Crippen LogP contribution in [0.15, 0.2) is 0 Å². The number of fused-ring (bicyclic) bond motifs is 1. The Bertz CT molecular complexity index is 519. The quantitative estimate of drug-likeness (QED) is 0.749. The molecule has 18 heavy (non-hydrogen) atoms. The van der Waals surface area contributed by atoms with Gasteiger partial charge in [0.25, 0.3) is 0 Å². The highest BCUT2D eigenvalue weighted by Gasteiger charge is 2.30. The van der Waals surface area contributed by atoms with Gasteiger partial charge in [0, 0.05) is 5.69 Å². The zero-order valence-electron chi connectivity index (χ0n) is 12.1. The SMILES string of the molecule is Cc1nc(C(C)C)c(C#N)c2c1CC(C)(C)CC2. The molecule has 0 unspecified atom stereocenters. The average Bonchev–Trinajstić information content (AvgIpc) is 2.28. The highest BCUT2D eigenvalue weighted by Crippen LogP contribution is 2.38. The Morgan fingerprint density at radius 2 is 1.94 bits per heavy atom. The standard InChI is InChI=1S/C16H22N2/c1-10(2)15-14(9-17)12-6-7-16(4,5)8-13(12)11(3)18-15/h10H,6-8H2,1-5H3. The van der Waals surface area contributed by atoms with Gasteiger partial charge >= 0.3 is 0 Å². The summed E-state index contributed by atoms with van der Waals surface area (Å²) in [4.78, 5) is 4.70. The summed E-state index contributed by atoms with van der Waals surface area (Å²) in [5.41, 5.74) is 5.89. The molecule has 0 spiro atoms. The monoisotopic (exact) mass is 242 g/mol. The maximum absolute atomic E-state index is 9.45. The first-order chi connectivity index (χ1) is 8.35. The molecule has 0 N–H and O–H groups in total. The average molecular weight is 242 g/mol. The number of hydrogen-bond donors (Lipinski definition) is 0. The van der Waals surface area contributed by atoms with E-state index in [-0.39, 0.29) is 0 Å². The Kier molecular flexibility index (Phi) is 3.19. The van der Waals surface area contributed by atoms with Crippen LogP contribution in [0.4, 0.5) is 0 Å². The molecule has 0 radical (unpaired) electrons. The summed E-state index contributed by atoms with van der Waals surface area (Å²) >= 11 is 0. The van der Waals surface area contributed by atoms with Crippen molar-refractivity contribution >= 4 is 0 Å². The van der Waals surface area contributed by atoms with E-state index in [4.69, 9.17) is 4.98 Å². The molecular weight excluding hydrogens is 220 g/mol. The van der Waals surface area contributed by atoms with Crippen LogP contribution in [0, 0.1) is 23.7 Å². The predicted octanol–water partition coefficient (Wildman–Crippen LogP) is 3.90. The number of hydrogen-bond acceptors (Lipinski definition) is 2. The second-order valence-electron chi connectivity index (χ2n) is 6.52. The van der Waals surface area contributed by atoms with Gasteiger partial charge in [0.2, 0.25) is 0 Å². The van der Waals surface area contributed by atoms with E-state index in [1.54, 1.807) is 0 Å². The Morgan fingerprint density at radius 1 is 1.28 bits per heavy atom. The summed E-state index contributed by atoms with van der Waals surface area (Å²) in [5, 5.41) is 9.45. The summed E-state index contributed by atoms with van der Waals surface area (Å²) in [5.74, 6) is 0.318. The molecule has 0 amide bonds. The fourth-order valence-electron chi connectivity index (χ4n) is 2.91. The van der Waals surface area contributed by atoms with Crippen molar-refractivity contribution in [1.29, 1.82) is 5.26 Å². The van der Waals surface area contributed by atoms with Crippen LogP contribution in [0.3, 0.4) is 0 Å². The van der Waals surface area contributed by atoms with Crippen molar-refractivity contribution in [2.24, 2.45) is 5.41 Å². The van der Waals surface area contributed by atoms with Crippen molar-refractivity contribution < 1.29 is 0 Å². The first-order valence-electron chi connectivity index (χ1n) is 6.78. The van der Waals surface area contributed by atoms with Gasteiger partial charge < -0.3 is 0 Å². The molecule has 0 atom stereocenters. The van der Waals surface area contributed by atoms with Gasteiger partial charge in [0.05, 0.1) is 11.3 Å². The zero-order chi connectivity index (χ0) is 13.5. The van der Waals surface area contributed by atoms with Crippen LogP contribution >= 0.6 is 0 Å². The lowest BCUT2D eigenvalue weighted by Gasteiger charge is -2.33. The van der Waals surface area contributed by atoms with Crippen LogP contribution in [-0.4, -0.2) is 4.98 Å². The first kappa shape index (κ1) is 13.1. The molecule has 0 fully saturated rings. The lowest BCUT2D eigenvalue weighted by atomic mass is 9.72. The molecular formula is C16H22N2. The molecule has 2 nitrogen and oxygen atoms in total. The van der Waals surface area contributed by atoms with Crippen molar-refractivity contribution in [1.82, 2.24) is 4.98 Å². The lowest BCUT2D eigenvalue weighted by Crippen LogP contribution is -2.25. The molecule has 0 saturated heterocycles. The zero-order valence-corrected chi connectivity index (χ0v) is 12.1. The third-order valence-corrected chi connectivity index (χ3v) is 4.01. The minimum Gasteiger partial charge on any atom is -0.256 e. The van der Waals surface area contributed by atoms with Gasteiger partial charge in [-0.3, -0.25) is 4.98 Å². The van der Waals surface area contributed by atoms with Gasteiger partial charge in [-0.25, -0.2) is 0 Å². The summed E-state index contributed by atoms with van der Waals surface area (Å²) < 4.78 is 0. The van der Waals surface area contributed by atoms with E-state index in [1.807, 2.05) is 0 Å². The van der Waals surface area contributed by atoms with Crippen molar-refractivity contribution in [2.75, 3.05) is 0 Å². The summed E-state index contributed by atoms with van der Waals surface area (Å²) in [6.07, 6.45) is 3.23. The van der Waals surface area contributed by atoms with Crippen molar-refractivity contribution in [3.8, 4) is 6.07 Å². The highest BCUT2D eigenvalue weighted by atomic mass is 14.7. The van der Waals surface area contributed by atoms with Gasteiger partial charge in [0.15, 0.2) is 0 Å². The van der Waals surface area contributed by atoms with E-state index >= 15 is 0 Å². The number of aromatic nitrogens is 1. The van der Waals surface area contributed by atoms with Crippen molar-refractivity contribution in [3.05, 3.63) is 28.1 Å². The molecule has 1 aliphatic carbocycles. The Morgan fingerprint density at radius 3 is 2.50 bits per heavy atom. The van der Waals surface area contributed by atoms with Gasteiger partial charge in [0.1, 0.15) is 6.07 Å². The van der Waals surface area contributed by atoms with Crippen LogP contribution in [0.25, 0.3) is 0 Å². The molecule has 1 aromatic rings. The topological polar surface area (TPSA) is 36.7 Å². The van der Waals surface area contributed by atoms with Crippen LogP contribution in [0.1, 0.15) is 68.1 Å². The molecule has 1 heterocycles. The largest absolute Gasteiger partial charge is 0.256 e. The summed E-state index contributed by atoms with van der Waals surface area (Å²) in [7, 11) is 0. The second-order valence-corrected chi connectivity index (χ2v) is 6.52. The van der Waals surface area contributed by atoms with Gasteiger partial charge in [-0.05, 0) is 48.6 Å². The van der Waals surface area contributed by atoms with E-state index in [0.717, 1.165) is 36.2 Å². The van der Waals surface area contributed by atoms with Crippen LogP contribution in [0.5, 0.6) is 0 Å². The Balaban J connectivity index is 2.64. The van der Waals surface area contributed by atoms with Gasteiger partial charge in [-0.15, -0.1) is 0 Å². The molecule has 0 bridgehead atoms. The van der Waals surface area contributed by atoms with Crippen LogP contribution in [0.2, 0.25) is 0 Å². The number of rotatable bonds is 1. The van der Waals surface area contributed by atoms with E-state index in [0.29, 0.717) is 11.3 Å². The normalized spacial score (nSPS) is 17.4. The summed E-state index contributed by atoms with van der Waals surface area (Å²) in [6.45, 7) is 10.9. The minimum absolute atomic E-state index is 0.318. The molecule has 0 saturated carbocycles. The number of nitrogens with zero attached hydrogens (tertiary/aromatic N) is 2. The van der Waals surface area contributed by atoms with Crippen molar-refractivity contribution in [2.45, 2.75) is 59.8 Å². The predicted molar refractivity (Wildman–Crippen MR) is 73.6 cm³/mol. The third kappa shape index (κ3) is 2.14. The lowest BCUT2D eigenvalue weighted by molar-refractivity contribution is 0.313. The maximum Gasteiger partial charge on any atom is 0.101 e. The van der Waals surface area contributed by atoms with Crippen LogP contribution in [-0.2, 0) is 12.8 Å². The van der Waals surface area contributed by atoms with Crippen LogP contribution < -0.4 is 0 Å². The van der Waals surface area contributed by atoms with E-state index in [9.17, 15) is 5.26 Å². The van der Waals surface area contributed by atoms with Crippen molar-refractivity contribution in [3.63, 3.8) is 0 Å². The molecule has 1 aliphatic rings. The third-order valence-electron chi connectivity index (χ3n) is 4.01. The maximum atomic E-state index is 9.45. The molecule has 2 rings (SSSR count). The fourth-order valence-corrected chi connectivity index (χ4v) is 2.91. The first-order valence-corrected chi connectivity index (χ1v) is 6.78. The summed E-state index contributed by atoms with van der Waals surface area (Å²) in [6, 6.07) is 2.40. The minimum atomic E-state index is 0.318. The number of nitriles is 1. The Labute approximate surface area is 110 Å². The molecule has 0 aliphatic heterocycles. The van der Waals surface area contributed by atoms with E-state index in [2.05, 4.69) is 40.7 Å². The van der Waals surface area contributed by atoms with Gasteiger partial charge in [-0.2, -0.15) is 5.26 Å². The number of pyridine rings is 1. The molecule has 2 heteroatoms. The highest BCUT2D eigenvalue weighted by molar-refractivity contribution is 5.49. The second kappa shape index (κ2) is 4.39. The number of aryl methyl sites for hydroxylation is 1.